The van der Waals surface area contributed by atoms with Crippen molar-refractivity contribution in [3.63, 3.8) is 0 Å². The highest BCUT2D eigenvalue weighted by Gasteiger charge is 2.63. The number of hydrogen-bond acceptors (Lipinski definition) is 2. The van der Waals surface area contributed by atoms with Gasteiger partial charge < -0.3 is 4.74 Å². The van der Waals surface area contributed by atoms with Crippen molar-refractivity contribution in [3.8, 4) is 5.75 Å². The van der Waals surface area contributed by atoms with E-state index in [0.717, 1.165) is 11.3 Å². The van der Waals surface area contributed by atoms with Gasteiger partial charge in [0.25, 0.3) is 0 Å². The van der Waals surface area contributed by atoms with Gasteiger partial charge in [-0.05, 0) is 51.3 Å². The summed E-state index contributed by atoms with van der Waals surface area (Å²) >= 11 is 0. The first-order valence-corrected chi connectivity index (χ1v) is 6.84. The van der Waals surface area contributed by atoms with E-state index in [1.807, 2.05) is 26.0 Å². The molecule has 2 nitrogen and oxygen atoms in total. The lowest BCUT2D eigenvalue weighted by atomic mass is 10.1. The van der Waals surface area contributed by atoms with Gasteiger partial charge in [-0.2, -0.15) is 13.2 Å². The van der Waals surface area contributed by atoms with Gasteiger partial charge in [0.1, 0.15) is 11.3 Å². The van der Waals surface area contributed by atoms with Crippen molar-refractivity contribution >= 4 is 0 Å². The van der Waals surface area contributed by atoms with Crippen LogP contribution in [-0.4, -0.2) is 17.8 Å². The molecule has 0 bridgehead atoms. The van der Waals surface area contributed by atoms with Crippen molar-refractivity contribution in [2.24, 2.45) is 0 Å². The minimum atomic E-state index is -4.18. The standard InChI is InChI=1S/C15H20F3NO/c1-10(2)20-13-6-4-12(5-7-13)11(3)19-14(8-9-14)15(16,17)18/h4-7,10-11,19H,8-9H2,1-3H3. The van der Waals surface area contributed by atoms with Crippen LogP contribution >= 0.6 is 0 Å². The van der Waals surface area contributed by atoms with E-state index in [0.29, 0.717) is 0 Å². The van der Waals surface area contributed by atoms with E-state index < -0.39 is 11.7 Å². The summed E-state index contributed by atoms with van der Waals surface area (Å²) in [4.78, 5) is 0. The SMILES string of the molecule is CC(C)Oc1ccc(C(C)NC2(C(F)(F)F)CC2)cc1. The second-order valence-corrected chi connectivity index (χ2v) is 5.68. The molecule has 1 aliphatic rings. The Labute approximate surface area is 117 Å². The first kappa shape index (κ1) is 15.2. The van der Waals surface area contributed by atoms with Gasteiger partial charge in [0, 0.05) is 6.04 Å². The Balaban J connectivity index is 2.01. The van der Waals surface area contributed by atoms with Crippen LogP contribution < -0.4 is 10.1 Å². The number of hydrogen-bond donors (Lipinski definition) is 1. The molecule has 1 aromatic carbocycles. The minimum Gasteiger partial charge on any atom is -0.491 e. The fourth-order valence-corrected chi connectivity index (χ4v) is 2.24. The summed E-state index contributed by atoms with van der Waals surface area (Å²) in [6.45, 7) is 5.61. The molecule has 20 heavy (non-hydrogen) atoms. The molecule has 112 valence electrons. The zero-order valence-corrected chi connectivity index (χ0v) is 11.9. The second-order valence-electron chi connectivity index (χ2n) is 5.68. The smallest absolute Gasteiger partial charge is 0.406 e. The number of benzene rings is 1. The molecule has 0 aliphatic heterocycles. The zero-order chi connectivity index (χ0) is 15.0. The molecule has 1 aromatic rings. The van der Waals surface area contributed by atoms with Crippen LogP contribution in [0.4, 0.5) is 13.2 Å². The molecule has 0 aromatic heterocycles. The molecule has 0 radical (unpaired) electrons. The number of alkyl halides is 3. The maximum atomic E-state index is 12.9. The van der Waals surface area contributed by atoms with Crippen LogP contribution in [0.3, 0.4) is 0 Å². The van der Waals surface area contributed by atoms with E-state index in [-0.39, 0.29) is 25.0 Å². The quantitative estimate of drug-likeness (QED) is 0.875. The topological polar surface area (TPSA) is 21.3 Å². The fraction of sp³-hybridized carbons (Fsp3) is 0.600. The van der Waals surface area contributed by atoms with Crippen molar-refractivity contribution in [1.82, 2.24) is 5.32 Å². The molecule has 0 amide bonds. The van der Waals surface area contributed by atoms with Gasteiger partial charge in [-0.1, -0.05) is 12.1 Å². The molecule has 1 unspecified atom stereocenters. The summed E-state index contributed by atoms with van der Waals surface area (Å²) in [6.07, 6.45) is -3.77. The zero-order valence-electron chi connectivity index (χ0n) is 11.9. The van der Waals surface area contributed by atoms with Crippen molar-refractivity contribution in [1.29, 1.82) is 0 Å². The highest BCUT2D eigenvalue weighted by Crippen LogP contribution is 2.50. The van der Waals surface area contributed by atoms with Crippen LogP contribution in [0.2, 0.25) is 0 Å². The Morgan fingerprint density at radius 3 is 2.05 bits per heavy atom. The highest BCUT2D eigenvalue weighted by atomic mass is 19.4. The molecule has 1 N–H and O–H groups in total. The van der Waals surface area contributed by atoms with Crippen LogP contribution in [0, 0.1) is 0 Å². The monoisotopic (exact) mass is 287 g/mol. The molecule has 1 aliphatic carbocycles. The van der Waals surface area contributed by atoms with E-state index in [1.165, 1.54) is 0 Å². The van der Waals surface area contributed by atoms with Gasteiger partial charge in [-0.25, -0.2) is 0 Å². The molecule has 1 atom stereocenters. The van der Waals surface area contributed by atoms with Crippen LogP contribution in [0.5, 0.6) is 5.75 Å². The summed E-state index contributed by atoms with van der Waals surface area (Å²) in [5, 5.41) is 2.72. The number of halogens is 3. The maximum Gasteiger partial charge on any atom is 0.406 e. The third-order valence-electron chi connectivity index (χ3n) is 3.54. The molecular formula is C15H20F3NO. The van der Waals surface area contributed by atoms with E-state index in [2.05, 4.69) is 5.32 Å². The van der Waals surface area contributed by atoms with Crippen LogP contribution in [-0.2, 0) is 0 Å². The van der Waals surface area contributed by atoms with Crippen LogP contribution in [0.1, 0.15) is 45.2 Å². The van der Waals surface area contributed by atoms with Gasteiger partial charge in [-0.3, -0.25) is 5.32 Å². The fourth-order valence-electron chi connectivity index (χ4n) is 2.24. The molecule has 2 rings (SSSR count). The van der Waals surface area contributed by atoms with Gasteiger partial charge >= 0.3 is 6.18 Å². The van der Waals surface area contributed by atoms with E-state index >= 15 is 0 Å². The van der Waals surface area contributed by atoms with Gasteiger partial charge in [0.15, 0.2) is 0 Å². The summed E-state index contributed by atoms with van der Waals surface area (Å²) in [7, 11) is 0. The van der Waals surface area contributed by atoms with Crippen LogP contribution in [0.25, 0.3) is 0 Å². The van der Waals surface area contributed by atoms with Crippen molar-refractivity contribution < 1.29 is 17.9 Å². The number of ether oxygens (including phenoxy) is 1. The highest BCUT2D eigenvalue weighted by molar-refractivity contribution is 5.29. The molecule has 5 heteroatoms. The van der Waals surface area contributed by atoms with Gasteiger partial charge in [-0.15, -0.1) is 0 Å². The Kier molecular flexibility index (Phi) is 4.00. The Morgan fingerprint density at radius 1 is 1.10 bits per heavy atom. The third-order valence-corrected chi connectivity index (χ3v) is 3.54. The summed E-state index contributed by atoms with van der Waals surface area (Å²) in [5.74, 6) is 0.730. The second kappa shape index (κ2) is 5.28. The van der Waals surface area contributed by atoms with E-state index in [4.69, 9.17) is 4.74 Å². The number of rotatable bonds is 5. The average Bonchev–Trinajstić information content (AvgIpc) is 3.09. The summed E-state index contributed by atoms with van der Waals surface area (Å²) < 4.78 is 44.2. The molecule has 0 spiro atoms. The van der Waals surface area contributed by atoms with Crippen molar-refractivity contribution in [2.75, 3.05) is 0 Å². The van der Waals surface area contributed by atoms with Crippen molar-refractivity contribution in [3.05, 3.63) is 29.8 Å². The van der Waals surface area contributed by atoms with Gasteiger partial charge in [0.05, 0.1) is 6.10 Å². The molecule has 0 heterocycles. The predicted octanol–water partition coefficient (Wildman–Crippen LogP) is 4.22. The number of nitrogens with one attached hydrogen (secondary N) is 1. The first-order chi connectivity index (χ1) is 9.23. The van der Waals surface area contributed by atoms with E-state index in [9.17, 15) is 13.2 Å². The predicted molar refractivity (Wildman–Crippen MR) is 71.8 cm³/mol. The molecular weight excluding hydrogens is 267 g/mol. The van der Waals surface area contributed by atoms with Gasteiger partial charge in [0.2, 0.25) is 0 Å². The Morgan fingerprint density at radius 2 is 1.65 bits per heavy atom. The van der Waals surface area contributed by atoms with Crippen molar-refractivity contribution in [2.45, 2.75) is 57.5 Å². The lowest BCUT2D eigenvalue weighted by molar-refractivity contribution is -0.167. The normalized spacial score (nSPS) is 18.9. The van der Waals surface area contributed by atoms with E-state index in [1.54, 1.807) is 19.1 Å². The molecule has 1 fully saturated rings. The Hall–Kier alpha value is -1.23. The first-order valence-electron chi connectivity index (χ1n) is 6.84. The summed E-state index contributed by atoms with van der Waals surface area (Å²) in [6, 6.07) is 6.86. The maximum absolute atomic E-state index is 12.9. The molecule has 1 saturated carbocycles. The summed E-state index contributed by atoms with van der Waals surface area (Å²) in [5.41, 5.74) is -0.851. The largest absolute Gasteiger partial charge is 0.491 e. The lowest BCUT2D eigenvalue weighted by Crippen LogP contribution is -2.45. The average molecular weight is 287 g/mol. The minimum absolute atomic E-state index is 0.0800. The third kappa shape index (κ3) is 3.26. The van der Waals surface area contributed by atoms with Crippen LogP contribution in [0.15, 0.2) is 24.3 Å². The molecule has 0 saturated heterocycles. The Bertz CT molecular complexity index is 449. The lowest BCUT2D eigenvalue weighted by Gasteiger charge is -2.25.